The van der Waals surface area contributed by atoms with Crippen LogP contribution in [0.5, 0.6) is 0 Å². The Labute approximate surface area is 147 Å². The first kappa shape index (κ1) is 15.2. The van der Waals surface area contributed by atoms with E-state index in [1.165, 1.54) is 38.7 Å². The van der Waals surface area contributed by atoms with Crippen LogP contribution in [-0.4, -0.2) is 14.4 Å². The highest BCUT2D eigenvalue weighted by Gasteiger charge is 2.07. The molecular weight excluding hydrogens is 342 g/mol. The van der Waals surface area contributed by atoms with Gasteiger partial charge in [0.1, 0.15) is 5.65 Å². The van der Waals surface area contributed by atoms with Crippen molar-refractivity contribution in [3.8, 4) is 0 Å². The van der Waals surface area contributed by atoms with E-state index in [0.29, 0.717) is 21.6 Å². The van der Waals surface area contributed by atoms with Crippen molar-refractivity contribution in [2.24, 2.45) is 0 Å². The van der Waals surface area contributed by atoms with E-state index in [1.807, 2.05) is 18.2 Å². The molecule has 0 saturated heterocycles. The fourth-order valence-corrected chi connectivity index (χ4v) is 3.59. The average molecular weight is 354 g/mol. The number of halogens is 1. The quantitative estimate of drug-likeness (QED) is 0.518. The van der Waals surface area contributed by atoms with Crippen LogP contribution in [0, 0.1) is 0 Å². The monoisotopic (exact) mass is 353 g/mol. The number of thioether (sulfide) groups is 1. The Balaban J connectivity index is 1.67. The topological polar surface area (TPSA) is 47.3 Å². The molecule has 0 aliphatic carbocycles. The van der Waals surface area contributed by atoms with Gasteiger partial charge in [-0.2, -0.15) is 4.98 Å². The van der Waals surface area contributed by atoms with Gasteiger partial charge in [-0.1, -0.05) is 65.8 Å². The number of pyridine rings is 1. The largest absolute Gasteiger partial charge is 0.355 e. The van der Waals surface area contributed by atoms with Gasteiger partial charge in [-0.05, 0) is 28.5 Å². The molecule has 0 spiro atoms. The Morgan fingerprint density at radius 3 is 2.75 bits per heavy atom. The molecule has 0 saturated carbocycles. The van der Waals surface area contributed by atoms with Crippen molar-refractivity contribution in [2.75, 3.05) is 0 Å². The van der Waals surface area contributed by atoms with E-state index >= 15 is 0 Å². The second-order valence-corrected chi connectivity index (χ2v) is 6.67. The maximum Gasteiger partial charge on any atom is 0.355 e. The number of aromatic nitrogens is 3. The number of rotatable bonds is 3. The van der Waals surface area contributed by atoms with Gasteiger partial charge in [-0.15, -0.1) is 0 Å². The normalized spacial score (nSPS) is 11.2. The van der Waals surface area contributed by atoms with Crippen molar-refractivity contribution in [3.05, 3.63) is 81.9 Å². The maximum absolute atomic E-state index is 12.1. The third kappa shape index (κ3) is 2.88. The van der Waals surface area contributed by atoms with Crippen molar-refractivity contribution >= 4 is 39.8 Å². The molecule has 0 fully saturated rings. The molecule has 2 aromatic carbocycles. The molecule has 0 unspecified atom stereocenters. The number of hydrogen-bond donors (Lipinski definition) is 0. The van der Waals surface area contributed by atoms with Gasteiger partial charge in [-0.3, -0.25) is 0 Å². The number of fused-ring (bicyclic) bond motifs is 2. The van der Waals surface area contributed by atoms with Crippen LogP contribution in [0.15, 0.2) is 70.7 Å². The highest BCUT2D eigenvalue weighted by Crippen LogP contribution is 2.25. The van der Waals surface area contributed by atoms with E-state index in [9.17, 15) is 4.79 Å². The third-order valence-electron chi connectivity index (χ3n) is 3.74. The molecule has 4 nitrogen and oxygen atoms in total. The zero-order chi connectivity index (χ0) is 16.5. The zero-order valence-corrected chi connectivity index (χ0v) is 14.1. The Bertz CT molecular complexity index is 1100. The lowest BCUT2D eigenvalue weighted by Gasteiger charge is -2.06. The summed E-state index contributed by atoms with van der Waals surface area (Å²) in [5.74, 6) is 0.699. The minimum absolute atomic E-state index is 0.372. The summed E-state index contributed by atoms with van der Waals surface area (Å²) >= 11 is 7.36. The predicted molar refractivity (Wildman–Crippen MR) is 97.8 cm³/mol. The van der Waals surface area contributed by atoms with Crippen molar-refractivity contribution in [2.45, 2.75) is 10.9 Å². The van der Waals surface area contributed by atoms with Gasteiger partial charge in [-0.25, -0.2) is 14.2 Å². The van der Waals surface area contributed by atoms with Crippen LogP contribution in [0.25, 0.3) is 16.4 Å². The molecular formula is C18H12ClN3OS. The second kappa shape index (κ2) is 6.26. The summed E-state index contributed by atoms with van der Waals surface area (Å²) in [5, 5.41) is 3.35. The van der Waals surface area contributed by atoms with Crippen molar-refractivity contribution in [1.82, 2.24) is 14.4 Å². The lowest BCUT2D eigenvalue weighted by molar-refractivity contribution is 0.847. The summed E-state index contributed by atoms with van der Waals surface area (Å²) < 4.78 is 1.35. The Kier molecular flexibility index (Phi) is 3.96. The van der Waals surface area contributed by atoms with Crippen molar-refractivity contribution in [1.29, 1.82) is 0 Å². The Hall–Kier alpha value is -2.37. The highest BCUT2D eigenvalue weighted by molar-refractivity contribution is 7.98. The summed E-state index contributed by atoms with van der Waals surface area (Å²) in [7, 11) is 0. The first-order chi connectivity index (χ1) is 11.7. The molecule has 0 atom stereocenters. The molecule has 0 radical (unpaired) electrons. The molecule has 118 valence electrons. The van der Waals surface area contributed by atoms with Crippen LogP contribution in [0.4, 0.5) is 0 Å². The first-order valence-corrected chi connectivity index (χ1v) is 8.72. The molecule has 0 bridgehead atoms. The summed E-state index contributed by atoms with van der Waals surface area (Å²) in [5.41, 5.74) is 1.36. The van der Waals surface area contributed by atoms with Crippen molar-refractivity contribution < 1.29 is 0 Å². The third-order valence-corrected chi connectivity index (χ3v) is 4.85. The van der Waals surface area contributed by atoms with Crippen LogP contribution >= 0.6 is 23.4 Å². The van der Waals surface area contributed by atoms with E-state index < -0.39 is 0 Å². The lowest BCUT2D eigenvalue weighted by Crippen LogP contribution is -2.18. The predicted octanol–water partition coefficient (Wildman–Crippen LogP) is 4.19. The van der Waals surface area contributed by atoms with E-state index in [4.69, 9.17) is 11.6 Å². The first-order valence-electron chi connectivity index (χ1n) is 7.36. The highest BCUT2D eigenvalue weighted by atomic mass is 35.5. The molecule has 2 heterocycles. The van der Waals surface area contributed by atoms with Gasteiger partial charge in [0.15, 0.2) is 5.16 Å². The smallest absolute Gasteiger partial charge is 0.250 e. The van der Waals surface area contributed by atoms with Gasteiger partial charge in [0.2, 0.25) is 0 Å². The zero-order valence-electron chi connectivity index (χ0n) is 12.5. The second-order valence-electron chi connectivity index (χ2n) is 5.29. The Morgan fingerprint density at radius 2 is 1.83 bits per heavy atom. The fraction of sp³-hybridized carbons (Fsp3) is 0.0556. The molecule has 2 aromatic heterocycles. The van der Waals surface area contributed by atoms with E-state index in [0.717, 1.165) is 0 Å². The molecule has 0 N–H and O–H groups in total. The van der Waals surface area contributed by atoms with E-state index in [1.54, 1.807) is 12.1 Å². The van der Waals surface area contributed by atoms with Gasteiger partial charge in [0.25, 0.3) is 0 Å². The number of benzene rings is 2. The summed E-state index contributed by atoms with van der Waals surface area (Å²) in [6.07, 6.45) is 1.53. The van der Waals surface area contributed by atoms with Crippen LogP contribution < -0.4 is 5.69 Å². The summed E-state index contributed by atoms with van der Waals surface area (Å²) in [6.45, 7) is 0. The van der Waals surface area contributed by atoms with E-state index in [2.05, 4.69) is 34.2 Å². The summed E-state index contributed by atoms with van der Waals surface area (Å²) in [4.78, 5) is 20.6. The molecule has 4 aromatic rings. The lowest BCUT2D eigenvalue weighted by atomic mass is 10.1. The molecule has 0 aliphatic rings. The molecule has 0 amide bonds. The molecule has 0 aliphatic heterocycles. The van der Waals surface area contributed by atoms with Crippen molar-refractivity contribution in [3.63, 3.8) is 0 Å². The Morgan fingerprint density at radius 1 is 1.00 bits per heavy atom. The maximum atomic E-state index is 12.1. The molecule has 4 rings (SSSR count). The van der Waals surface area contributed by atoms with Gasteiger partial charge in [0, 0.05) is 11.9 Å². The van der Waals surface area contributed by atoms with Crippen LogP contribution in [0.1, 0.15) is 5.56 Å². The molecule has 24 heavy (non-hydrogen) atoms. The van der Waals surface area contributed by atoms with E-state index in [-0.39, 0.29) is 5.69 Å². The SMILES string of the molecule is O=c1nc(SCc2cccc3ccccc23)nc2ccc(Cl)cn12. The average Bonchev–Trinajstić information content (AvgIpc) is 2.60. The minimum Gasteiger partial charge on any atom is -0.250 e. The van der Waals surface area contributed by atoms with Gasteiger partial charge in [0.05, 0.1) is 5.02 Å². The van der Waals surface area contributed by atoms with Gasteiger partial charge < -0.3 is 0 Å². The standard InChI is InChI=1S/C18H12ClN3OS/c19-14-8-9-16-20-17(21-18(23)22(16)10-14)24-11-13-6-3-5-12-4-1-2-7-15(12)13/h1-10H,11H2. The molecule has 6 heteroatoms. The number of nitrogens with zero attached hydrogens (tertiary/aromatic N) is 3. The van der Waals surface area contributed by atoms with Gasteiger partial charge >= 0.3 is 5.69 Å². The summed E-state index contributed by atoms with van der Waals surface area (Å²) in [6, 6.07) is 17.9. The van der Waals surface area contributed by atoms with Crippen LogP contribution in [0.3, 0.4) is 0 Å². The minimum atomic E-state index is -0.372. The number of hydrogen-bond acceptors (Lipinski definition) is 4. The van der Waals surface area contributed by atoms with Crippen LogP contribution in [0.2, 0.25) is 5.02 Å². The fourth-order valence-electron chi connectivity index (χ4n) is 2.60. The van der Waals surface area contributed by atoms with Crippen LogP contribution in [-0.2, 0) is 5.75 Å².